The first-order valence-corrected chi connectivity index (χ1v) is 7.05. The highest BCUT2D eigenvalue weighted by Gasteiger charge is 2.28. The minimum atomic E-state index is 0.164. The number of carbonyl (C=O) groups is 1. The number of amides is 1. The van der Waals surface area contributed by atoms with Crippen LogP contribution < -0.4 is 11.1 Å². The first-order valence-electron chi connectivity index (χ1n) is 7.05. The summed E-state index contributed by atoms with van der Waals surface area (Å²) < 4.78 is 0. The summed E-state index contributed by atoms with van der Waals surface area (Å²) in [5.41, 5.74) is 5.83. The number of hydrogen-bond donors (Lipinski definition) is 2. The zero-order valence-corrected chi connectivity index (χ0v) is 11.5. The summed E-state index contributed by atoms with van der Waals surface area (Å²) in [5, 5.41) is 3.12. The number of hydrogen-bond acceptors (Lipinski definition) is 2. The molecular formula is C14H28N2O. The van der Waals surface area contributed by atoms with Crippen LogP contribution in [-0.4, -0.2) is 18.0 Å². The lowest BCUT2D eigenvalue weighted by molar-refractivity contribution is -0.125. The molecule has 0 radical (unpaired) electrons. The first-order chi connectivity index (χ1) is 7.99. The van der Waals surface area contributed by atoms with Crippen molar-refractivity contribution in [2.45, 2.75) is 71.4 Å². The van der Waals surface area contributed by atoms with Crippen molar-refractivity contribution in [2.24, 2.45) is 17.6 Å². The predicted octanol–water partition coefficient (Wildman–Crippen LogP) is 2.44. The second-order valence-electron chi connectivity index (χ2n) is 6.00. The van der Waals surface area contributed by atoms with Crippen molar-refractivity contribution >= 4 is 5.91 Å². The van der Waals surface area contributed by atoms with Gasteiger partial charge in [0.2, 0.25) is 5.91 Å². The molecule has 0 spiro atoms. The van der Waals surface area contributed by atoms with Gasteiger partial charge in [-0.15, -0.1) is 0 Å². The van der Waals surface area contributed by atoms with E-state index in [9.17, 15) is 4.79 Å². The predicted molar refractivity (Wildman–Crippen MR) is 71.6 cm³/mol. The van der Waals surface area contributed by atoms with Crippen LogP contribution in [-0.2, 0) is 4.79 Å². The Kier molecular flexibility index (Phi) is 5.96. The molecule has 1 saturated carbocycles. The molecular weight excluding hydrogens is 212 g/mol. The quantitative estimate of drug-likeness (QED) is 0.749. The molecule has 0 aromatic carbocycles. The molecule has 0 heterocycles. The van der Waals surface area contributed by atoms with Crippen LogP contribution in [0.3, 0.4) is 0 Å². The maximum atomic E-state index is 11.9. The van der Waals surface area contributed by atoms with Crippen LogP contribution in [0.2, 0.25) is 0 Å². The summed E-state index contributed by atoms with van der Waals surface area (Å²) in [6.45, 7) is 6.58. The van der Waals surface area contributed by atoms with E-state index in [4.69, 9.17) is 5.73 Å². The molecule has 1 fully saturated rings. The van der Waals surface area contributed by atoms with Crippen molar-refractivity contribution in [3.63, 3.8) is 0 Å². The van der Waals surface area contributed by atoms with E-state index < -0.39 is 0 Å². The van der Waals surface area contributed by atoms with Crippen LogP contribution in [0.5, 0.6) is 0 Å². The molecule has 3 atom stereocenters. The SMILES string of the molecule is CC(C)CCCC(C)NC(=O)C1CCC(N)C1. The third-order valence-electron chi connectivity index (χ3n) is 3.65. The topological polar surface area (TPSA) is 55.1 Å². The van der Waals surface area contributed by atoms with Gasteiger partial charge >= 0.3 is 0 Å². The highest BCUT2D eigenvalue weighted by Crippen LogP contribution is 2.24. The van der Waals surface area contributed by atoms with Crippen LogP contribution in [0.25, 0.3) is 0 Å². The molecule has 17 heavy (non-hydrogen) atoms. The second-order valence-corrected chi connectivity index (χ2v) is 6.00. The fourth-order valence-electron chi connectivity index (χ4n) is 2.52. The molecule has 0 saturated heterocycles. The molecule has 1 rings (SSSR count). The van der Waals surface area contributed by atoms with Gasteiger partial charge in [0, 0.05) is 18.0 Å². The molecule has 3 N–H and O–H groups in total. The zero-order chi connectivity index (χ0) is 12.8. The standard InChI is InChI=1S/C14H28N2O/c1-10(2)5-4-6-11(3)16-14(17)12-7-8-13(15)9-12/h10-13H,4-9,15H2,1-3H3,(H,16,17). The van der Waals surface area contributed by atoms with Crippen molar-refractivity contribution in [3.05, 3.63) is 0 Å². The lowest BCUT2D eigenvalue weighted by Gasteiger charge is -2.17. The van der Waals surface area contributed by atoms with E-state index in [-0.39, 0.29) is 17.9 Å². The number of rotatable bonds is 6. The molecule has 1 aliphatic carbocycles. The van der Waals surface area contributed by atoms with Crippen LogP contribution in [0.1, 0.15) is 59.3 Å². The lowest BCUT2D eigenvalue weighted by atomic mass is 10.0. The summed E-state index contributed by atoms with van der Waals surface area (Å²) >= 11 is 0. The first kappa shape index (κ1) is 14.5. The van der Waals surface area contributed by atoms with Gasteiger partial charge in [0.15, 0.2) is 0 Å². The fourth-order valence-corrected chi connectivity index (χ4v) is 2.52. The Morgan fingerprint density at radius 2 is 2.00 bits per heavy atom. The van der Waals surface area contributed by atoms with Crippen molar-refractivity contribution in [2.75, 3.05) is 0 Å². The van der Waals surface area contributed by atoms with E-state index in [0.29, 0.717) is 6.04 Å². The Labute approximate surface area is 106 Å². The van der Waals surface area contributed by atoms with Crippen LogP contribution in [0, 0.1) is 11.8 Å². The zero-order valence-electron chi connectivity index (χ0n) is 11.5. The smallest absolute Gasteiger partial charge is 0.223 e. The fraction of sp³-hybridized carbons (Fsp3) is 0.929. The molecule has 1 amide bonds. The van der Waals surface area contributed by atoms with Gasteiger partial charge < -0.3 is 11.1 Å². The van der Waals surface area contributed by atoms with E-state index in [1.54, 1.807) is 0 Å². The van der Waals surface area contributed by atoms with Gasteiger partial charge in [-0.1, -0.05) is 26.7 Å². The van der Waals surface area contributed by atoms with Gasteiger partial charge in [-0.05, 0) is 38.5 Å². The van der Waals surface area contributed by atoms with Crippen molar-refractivity contribution in [3.8, 4) is 0 Å². The highest BCUT2D eigenvalue weighted by atomic mass is 16.1. The lowest BCUT2D eigenvalue weighted by Crippen LogP contribution is -2.37. The monoisotopic (exact) mass is 240 g/mol. The van der Waals surface area contributed by atoms with Crippen molar-refractivity contribution in [1.29, 1.82) is 0 Å². The summed E-state index contributed by atoms with van der Waals surface area (Å²) in [7, 11) is 0. The number of nitrogens with one attached hydrogen (secondary N) is 1. The van der Waals surface area contributed by atoms with Crippen LogP contribution in [0.4, 0.5) is 0 Å². The third-order valence-corrected chi connectivity index (χ3v) is 3.65. The summed E-state index contributed by atoms with van der Waals surface area (Å²) in [5.74, 6) is 1.14. The Morgan fingerprint density at radius 1 is 1.29 bits per heavy atom. The molecule has 3 unspecified atom stereocenters. The maximum Gasteiger partial charge on any atom is 0.223 e. The summed E-state index contributed by atoms with van der Waals surface area (Å²) in [6.07, 6.45) is 6.36. The average Bonchev–Trinajstić information content (AvgIpc) is 2.64. The molecule has 0 bridgehead atoms. The van der Waals surface area contributed by atoms with Gasteiger partial charge in [0.05, 0.1) is 0 Å². The van der Waals surface area contributed by atoms with E-state index >= 15 is 0 Å². The Bertz CT molecular complexity index is 240. The van der Waals surface area contributed by atoms with Gasteiger partial charge in [-0.25, -0.2) is 0 Å². The van der Waals surface area contributed by atoms with E-state index in [1.807, 2.05) is 0 Å². The largest absolute Gasteiger partial charge is 0.353 e. The van der Waals surface area contributed by atoms with Gasteiger partial charge in [0.25, 0.3) is 0 Å². The maximum absolute atomic E-state index is 11.9. The normalized spacial score (nSPS) is 26.2. The molecule has 3 nitrogen and oxygen atoms in total. The number of carbonyl (C=O) groups excluding carboxylic acids is 1. The Morgan fingerprint density at radius 3 is 2.53 bits per heavy atom. The molecule has 0 aromatic heterocycles. The van der Waals surface area contributed by atoms with Gasteiger partial charge in [-0.3, -0.25) is 4.79 Å². The summed E-state index contributed by atoms with van der Waals surface area (Å²) in [6, 6.07) is 0.542. The van der Waals surface area contributed by atoms with Crippen LogP contribution in [0.15, 0.2) is 0 Å². The summed E-state index contributed by atoms with van der Waals surface area (Å²) in [4.78, 5) is 11.9. The van der Waals surface area contributed by atoms with Crippen molar-refractivity contribution < 1.29 is 4.79 Å². The minimum absolute atomic E-state index is 0.164. The molecule has 1 aliphatic rings. The molecule has 0 aromatic rings. The minimum Gasteiger partial charge on any atom is -0.353 e. The molecule has 0 aliphatic heterocycles. The average molecular weight is 240 g/mol. The van der Waals surface area contributed by atoms with Gasteiger partial charge in [0.1, 0.15) is 0 Å². The third kappa shape index (κ3) is 5.53. The van der Waals surface area contributed by atoms with Crippen LogP contribution >= 0.6 is 0 Å². The van der Waals surface area contributed by atoms with Crippen molar-refractivity contribution in [1.82, 2.24) is 5.32 Å². The second kappa shape index (κ2) is 7.00. The van der Waals surface area contributed by atoms with E-state index in [0.717, 1.165) is 31.6 Å². The van der Waals surface area contributed by atoms with Gasteiger partial charge in [-0.2, -0.15) is 0 Å². The van der Waals surface area contributed by atoms with E-state index in [2.05, 4.69) is 26.1 Å². The molecule has 3 heteroatoms. The Balaban J connectivity index is 2.17. The molecule has 100 valence electrons. The van der Waals surface area contributed by atoms with E-state index in [1.165, 1.54) is 12.8 Å². The highest BCUT2D eigenvalue weighted by molar-refractivity contribution is 5.79. The Hall–Kier alpha value is -0.570. The number of nitrogens with two attached hydrogens (primary N) is 1.